The zero-order valence-corrected chi connectivity index (χ0v) is 18.2. The van der Waals surface area contributed by atoms with E-state index in [2.05, 4.69) is 24.3 Å². The van der Waals surface area contributed by atoms with Crippen LogP contribution in [0.1, 0.15) is 50.7 Å². The molecule has 1 aliphatic heterocycles. The highest BCUT2D eigenvalue weighted by Crippen LogP contribution is 2.28. The molecule has 0 N–H and O–H groups in total. The zero-order chi connectivity index (χ0) is 21.6. The van der Waals surface area contributed by atoms with E-state index < -0.39 is 5.60 Å². The van der Waals surface area contributed by atoms with Crippen LogP contribution in [0, 0.1) is 0 Å². The molecule has 1 heterocycles. The van der Waals surface area contributed by atoms with Crippen molar-refractivity contribution in [1.82, 2.24) is 9.80 Å². The molecule has 160 valence electrons. The summed E-state index contributed by atoms with van der Waals surface area (Å²) in [7, 11) is 0. The zero-order valence-electron chi connectivity index (χ0n) is 18.2. The molecule has 0 atom stereocenters. The van der Waals surface area contributed by atoms with Gasteiger partial charge in [-0.2, -0.15) is 0 Å². The average Bonchev–Trinajstić information content (AvgIpc) is 2.98. The molecular formula is C25H32N2O3. The maximum Gasteiger partial charge on any atom is 0.410 e. The Morgan fingerprint density at radius 3 is 1.87 bits per heavy atom. The third-order valence-electron chi connectivity index (χ3n) is 5.28. The van der Waals surface area contributed by atoms with Gasteiger partial charge in [0.25, 0.3) is 0 Å². The molecule has 1 saturated heterocycles. The van der Waals surface area contributed by atoms with Crippen LogP contribution >= 0.6 is 0 Å². The molecule has 0 unspecified atom stereocenters. The Hall–Kier alpha value is -2.82. The molecule has 5 heteroatoms. The Balaban J connectivity index is 1.67. The van der Waals surface area contributed by atoms with E-state index in [1.807, 2.05) is 62.1 Å². The summed E-state index contributed by atoms with van der Waals surface area (Å²) in [6.45, 7) is 7.91. The van der Waals surface area contributed by atoms with Crippen LogP contribution in [0.25, 0.3) is 0 Å². The summed E-state index contributed by atoms with van der Waals surface area (Å²) in [5.41, 5.74) is 1.77. The molecule has 0 aromatic heterocycles. The lowest BCUT2D eigenvalue weighted by Gasteiger charge is -2.27. The van der Waals surface area contributed by atoms with Crippen molar-refractivity contribution >= 4 is 12.0 Å². The first-order chi connectivity index (χ1) is 14.3. The van der Waals surface area contributed by atoms with Gasteiger partial charge in [-0.05, 0) is 38.3 Å². The van der Waals surface area contributed by atoms with E-state index in [-0.39, 0.29) is 17.9 Å². The van der Waals surface area contributed by atoms with Crippen molar-refractivity contribution in [3.63, 3.8) is 0 Å². The molecule has 5 nitrogen and oxygen atoms in total. The third-order valence-corrected chi connectivity index (χ3v) is 5.28. The monoisotopic (exact) mass is 408 g/mol. The number of hydrogen-bond acceptors (Lipinski definition) is 3. The van der Waals surface area contributed by atoms with Crippen molar-refractivity contribution in [3.05, 3.63) is 71.8 Å². The van der Waals surface area contributed by atoms with Crippen LogP contribution in [0.15, 0.2) is 60.7 Å². The molecule has 1 aliphatic rings. The van der Waals surface area contributed by atoms with Gasteiger partial charge < -0.3 is 14.5 Å². The van der Waals surface area contributed by atoms with E-state index >= 15 is 0 Å². The van der Waals surface area contributed by atoms with Gasteiger partial charge in [0.2, 0.25) is 5.91 Å². The second kappa shape index (κ2) is 9.79. The molecule has 0 bridgehead atoms. The van der Waals surface area contributed by atoms with Gasteiger partial charge in [0.1, 0.15) is 5.60 Å². The van der Waals surface area contributed by atoms with E-state index in [9.17, 15) is 9.59 Å². The number of benzene rings is 2. The second-order valence-corrected chi connectivity index (χ2v) is 8.78. The molecule has 0 aliphatic carbocycles. The molecule has 2 aromatic rings. The van der Waals surface area contributed by atoms with Crippen molar-refractivity contribution in [1.29, 1.82) is 0 Å². The van der Waals surface area contributed by atoms with Crippen LogP contribution in [0.2, 0.25) is 0 Å². The summed E-state index contributed by atoms with van der Waals surface area (Å²) >= 11 is 0. The predicted molar refractivity (Wildman–Crippen MR) is 118 cm³/mol. The molecule has 2 amide bonds. The standard InChI is InChI=1S/C25H32N2O3/c1-25(2,3)30-24(29)27-16-10-15-26(17-18-27)23(28)19-22(20-11-6-4-7-12-20)21-13-8-5-9-14-21/h4-9,11-14,22H,10,15-19H2,1-3H3. The highest BCUT2D eigenvalue weighted by Gasteiger charge is 2.27. The van der Waals surface area contributed by atoms with Crippen molar-refractivity contribution in [3.8, 4) is 0 Å². The largest absolute Gasteiger partial charge is 0.444 e. The Morgan fingerprint density at radius 1 is 0.833 bits per heavy atom. The molecule has 2 aromatic carbocycles. The Bertz CT molecular complexity index is 791. The lowest BCUT2D eigenvalue weighted by Crippen LogP contribution is -2.40. The van der Waals surface area contributed by atoms with Crippen LogP contribution in [0.3, 0.4) is 0 Å². The molecule has 1 fully saturated rings. The van der Waals surface area contributed by atoms with Gasteiger partial charge in [-0.15, -0.1) is 0 Å². The summed E-state index contributed by atoms with van der Waals surface area (Å²) < 4.78 is 5.49. The first-order valence-corrected chi connectivity index (χ1v) is 10.7. The van der Waals surface area contributed by atoms with Crippen molar-refractivity contribution in [2.45, 2.75) is 45.1 Å². The highest BCUT2D eigenvalue weighted by molar-refractivity contribution is 5.78. The van der Waals surface area contributed by atoms with Crippen LogP contribution in [-0.2, 0) is 9.53 Å². The Labute approximate surface area is 179 Å². The maximum atomic E-state index is 13.2. The number of carbonyl (C=O) groups excluding carboxylic acids is 2. The quantitative estimate of drug-likeness (QED) is 0.738. The minimum Gasteiger partial charge on any atom is -0.444 e. The summed E-state index contributed by atoms with van der Waals surface area (Å²) in [5.74, 6) is 0.142. The third kappa shape index (κ3) is 6.09. The number of amides is 2. The molecule has 0 spiro atoms. The van der Waals surface area contributed by atoms with Gasteiger partial charge in [-0.1, -0.05) is 60.7 Å². The smallest absolute Gasteiger partial charge is 0.410 e. The number of hydrogen-bond donors (Lipinski definition) is 0. The summed E-state index contributed by atoms with van der Waals surface area (Å²) in [4.78, 5) is 29.2. The number of nitrogens with zero attached hydrogens (tertiary/aromatic N) is 2. The first kappa shape index (κ1) is 21.9. The molecule has 3 rings (SSSR count). The fraction of sp³-hybridized carbons (Fsp3) is 0.440. The average molecular weight is 409 g/mol. The lowest BCUT2D eigenvalue weighted by molar-refractivity contribution is -0.131. The van der Waals surface area contributed by atoms with E-state index in [4.69, 9.17) is 4.74 Å². The van der Waals surface area contributed by atoms with Gasteiger partial charge in [-0.3, -0.25) is 4.79 Å². The fourth-order valence-electron chi connectivity index (χ4n) is 3.78. The van der Waals surface area contributed by atoms with Crippen LogP contribution in [0.4, 0.5) is 4.79 Å². The van der Waals surface area contributed by atoms with Crippen LogP contribution < -0.4 is 0 Å². The highest BCUT2D eigenvalue weighted by atomic mass is 16.6. The van der Waals surface area contributed by atoms with Crippen LogP contribution in [-0.4, -0.2) is 53.6 Å². The molecule has 0 saturated carbocycles. The van der Waals surface area contributed by atoms with Crippen LogP contribution in [0.5, 0.6) is 0 Å². The van der Waals surface area contributed by atoms with Gasteiger partial charge in [0.15, 0.2) is 0 Å². The van der Waals surface area contributed by atoms with E-state index in [0.29, 0.717) is 32.6 Å². The van der Waals surface area contributed by atoms with E-state index in [1.54, 1.807) is 4.90 Å². The fourth-order valence-corrected chi connectivity index (χ4v) is 3.78. The minimum atomic E-state index is -0.516. The topological polar surface area (TPSA) is 49.9 Å². The SMILES string of the molecule is CC(C)(C)OC(=O)N1CCCN(C(=O)CC(c2ccccc2)c2ccccc2)CC1. The minimum absolute atomic E-state index is 0.0186. The van der Waals surface area contributed by atoms with Crippen molar-refractivity contribution in [2.75, 3.05) is 26.2 Å². The second-order valence-electron chi connectivity index (χ2n) is 8.78. The number of ether oxygens (including phenoxy) is 1. The number of carbonyl (C=O) groups is 2. The summed E-state index contributed by atoms with van der Waals surface area (Å²) in [6.07, 6.45) is 0.871. The Kier molecular flexibility index (Phi) is 7.14. The summed E-state index contributed by atoms with van der Waals surface area (Å²) in [5, 5.41) is 0. The van der Waals surface area contributed by atoms with E-state index in [0.717, 1.165) is 17.5 Å². The first-order valence-electron chi connectivity index (χ1n) is 10.7. The number of rotatable bonds is 4. The predicted octanol–water partition coefficient (Wildman–Crippen LogP) is 4.68. The normalized spacial score (nSPS) is 15.1. The van der Waals surface area contributed by atoms with Crippen molar-refractivity contribution in [2.24, 2.45) is 0 Å². The van der Waals surface area contributed by atoms with Gasteiger partial charge in [-0.25, -0.2) is 4.79 Å². The summed E-state index contributed by atoms with van der Waals surface area (Å²) in [6, 6.07) is 20.4. The molecular weight excluding hydrogens is 376 g/mol. The lowest BCUT2D eigenvalue weighted by atomic mass is 9.88. The van der Waals surface area contributed by atoms with Crippen molar-refractivity contribution < 1.29 is 14.3 Å². The maximum absolute atomic E-state index is 13.2. The van der Waals surface area contributed by atoms with Gasteiger partial charge in [0, 0.05) is 38.5 Å². The van der Waals surface area contributed by atoms with Gasteiger partial charge in [0.05, 0.1) is 0 Å². The van der Waals surface area contributed by atoms with E-state index in [1.165, 1.54) is 0 Å². The Morgan fingerprint density at radius 2 is 1.33 bits per heavy atom. The molecule has 0 radical (unpaired) electrons. The molecule has 30 heavy (non-hydrogen) atoms. The van der Waals surface area contributed by atoms with Gasteiger partial charge >= 0.3 is 6.09 Å².